The zero-order chi connectivity index (χ0) is 15.0. The Kier molecular flexibility index (Phi) is 6.70. The molecule has 1 rings (SSSR count). The van der Waals surface area contributed by atoms with Crippen LogP contribution in [0, 0.1) is 0 Å². The van der Waals surface area contributed by atoms with E-state index in [0.717, 1.165) is 12.8 Å². The standard InChI is InChI=1S/C15H23N3O2/c1-4-7-11-16-14(19)12-9-8-10-13(17-12)15(20)18(5-2)6-3/h8-10H,4-7,11H2,1-3H3,(H,16,19). The molecule has 0 saturated heterocycles. The molecule has 0 aromatic carbocycles. The van der Waals surface area contributed by atoms with Gasteiger partial charge in [-0.25, -0.2) is 4.98 Å². The highest BCUT2D eigenvalue weighted by Crippen LogP contribution is 2.04. The quantitative estimate of drug-likeness (QED) is 0.776. The van der Waals surface area contributed by atoms with E-state index in [-0.39, 0.29) is 11.8 Å². The van der Waals surface area contributed by atoms with E-state index >= 15 is 0 Å². The van der Waals surface area contributed by atoms with Crippen LogP contribution in [0.3, 0.4) is 0 Å². The molecule has 2 amide bonds. The molecule has 0 spiro atoms. The van der Waals surface area contributed by atoms with Crippen molar-refractivity contribution in [3.05, 3.63) is 29.6 Å². The molecule has 1 heterocycles. The van der Waals surface area contributed by atoms with Gasteiger partial charge in [0.1, 0.15) is 11.4 Å². The maximum atomic E-state index is 12.2. The minimum Gasteiger partial charge on any atom is -0.351 e. The van der Waals surface area contributed by atoms with Crippen molar-refractivity contribution in [1.82, 2.24) is 15.2 Å². The van der Waals surface area contributed by atoms with Crippen LogP contribution in [-0.2, 0) is 0 Å². The van der Waals surface area contributed by atoms with Gasteiger partial charge >= 0.3 is 0 Å². The summed E-state index contributed by atoms with van der Waals surface area (Å²) in [5.74, 6) is -0.370. The van der Waals surface area contributed by atoms with Crippen LogP contribution >= 0.6 is 0 Å². The first-order valence-corrected chi connectivity index (χ1v) is 7.18. The van der Waals surface area contributed by atoms with Crippen LogP contribution in [-0.4, -0.2) is 41.3 Å². The topological polar surface area (TPSA) is 62.3 Å². The Balaban J connectivity index is 2.79. The van der Waals surface area contributed by atoms with Crippen molar-refractivity contribution < 1.29 is 9.59 Å². The predicted molar refractivity (Wildman–Crippen MR) is 78.7 cm³/mol. The van der Waals surface area contributed by atoms with E-state index in [1.165, 1.54) is 0 Å². The minimum atomic E-state index is -0.229. The second-order valence-electron chi connectivity index (χ2n) is 4.49. The lowest BCUT2D eigenvalue weighted by atomic mass is 10.2. The second kappa shape index (κ2) is 8.30. The lowest BCUT2D eigenvalue weighted by molar-refractivity contribution is 0.0767. The van der Waals surface area contributed by atoms with Crippen LogP contribution in [0.5, 0.6) is 0 Å². The van der Waals surface area contributed by atoms with Crippen molar-refractivity contribution in [1.29, 1.82) is 0 Å². The number of unbranched alkanes of at least 4 members (excludes halogenated alkanes) is 1. The van der Waals surface area contributed by atoms with Crippen LogP contribution in [0.2, 0.25) is 0 Å². The molecule has 5 heteroatoms. The number of carbonyl (C=O) groups excluding carboxylic acids is 2. The third kappa shape index (κ3) is 4.33. The summed E-state index contributed by atoms with van der Waals surface area (Å²) in [4.78, 5) is 29.9. The average molecular weight is 277 g/mol. The second-order valence-corrected chi connectivity index (χ2v) is 4.49. The Hall–Kier alpha value is -1.91. The van der Waals surface area contributed by atoms with Gasteiger partial charge in [-0.1, -0.05) is 19.4 Å². The number of hydrogen-bond donors (Lipinski definition) is 1. The molecule has 20 heavy (non-hydrogen) atoms. The summed E-state index contributed by atoms with van der Waals surface area (Å²) < 4.78 is 0. The lowest BCUT2D eigenvalue weighted by Crippen LogP contribution is -2.32. The first-order chi connectivity index (χ1) is 9.63. The molecule has 0 fully saturated rings. The SMILES string of the molecule is CCCCNC(=O)c1cccc(C(=O)N(CC)CC)n1. The maximum Gasteiger partial charge on any atom is 0.272 e. The maximum absolute atomic E-state index is 12.2. The van der Waals surface area contributed by atoms with Gasteiger partial charge in [0.25, 0.3) is 11.8 Å². The van der Waals surface area contributed by atoms with Crippen molar-refractivity contribution in [2.24, 2.45) is 0 Å². The number of amides is 2. The van der Waals surface area contributed by atoms with Crippen LogP contribution in [0.4, 0.5) is 0 Å². The molecular formula is C15H23N3O2. The van der Waals surface area contributed by atoms with Crippen molar-refractivity contribution >= 4 is 11.8 Å². The molecule has 110 valence electrons. The van der Waals surface area contributed by atoms with E-state index in [1.54, 1.807) is 23.1 Å². The molecule has 0 bridgehead atoms. The third-order valence-electron chi connectivity index (χ3n) is 3.07. The summed E-state index contributed by atoms with van der Waals surface area (Å²) in [6, 6.07) is 4.96. The molecule has 5 nitrogen and oxygen atoms in total. The molecule has 0 atom stereocenters. The molecular weight excluding hydrogens is 254 g/mol. The first kappa shape index (κ1) is 16.1. The molecule has 0 aliphatic rings. The number of rotatable bonds is 7. The summed E-state index contributed by atoms with van der Waals surface area (Å²) in [5, 5.41) is 2.80. The van der Waals surface area contributed by atoms with Gasteiger partial charge in [-0.15, -0.1) is 0 Å². The van der Waals surface area contributed by atoms with Crippen molar-refractivity contribution in [2.75, 3.05) is 19.6 Å². The summed E-state index contributed by atoms with van der Waals surface area (Å²) in [7, 11) is 0. The average Bonchev–Trinajstić information content (AvgIpc) is 2.48. The zero-order valence-electron chi connectivity index (χ0n) is 12.5. The number of carbonyl (C=O) groups is 2. The van der Waals surface area contributed by atoms with Gasteiger partial charge in [-0.05, 0) is 32.4 Å². The number of nitrogens with zero attached hydrogens (tertiary/aromatic N) is 2. The highest BCUT2D eigenvalue weighted by molar-refractivity contribution is 5.96. The van der Waals surface area contributed by atoms with Crippen molar-refractivity contribution in [3.63, 3.8) is 0 Å². The normalized spacial score (nSPS) is 10.2. The summed E-state index contributed by atoms with van der Waals surface area (Å²) in [5.41, 5.74) is 0.607. The smallest absolute Gasteiger partial charge is 0.272 e. The Morgan fingerprint density at radius 2 is 1.80 bits per heavy atom. The molecule has 0 unspecified atom stereocenters. The van der Waals surface area contributed by atoms with E-state index in [9.17, 15) is 9.59 Å². The van der Waals surface area contributed by atoms with E-state index < -0.39 is 0 Å². The third-order valence-corrected chi connectivity index (χ3v) is 3.07. The van der Waals surface area contributed by atoms with E-state index in [4.69, 9.17) is 0 Å². The van der Waals surface area contributed by atoms with Gasteiger partial charge in [0.15, 0.2) is 0 Å². The Labute approximate surface area is 120 Å². The molecule has 1 aromatic rings. The number of aromatic nitrogens is 1. The van der Waals surface area contributed by atoms with Gasteiger partial charge in [0, 0.05) is 19.6 Å². The Morgan fingerprint density at radius 3 is 2.40 bits per heavy atom. The van der Waals surface area contributed by atoms with Crippen LogP contribution in [0.1, 0.15) is 54.6 Å². The monoisotopic (exact) mass is 277 g/mol. The molecule has 1 N–H and O–H groups in total. The predicted octanol–water partition coefficient (Wildman–Crippen LogP) is 2.09. The van der Waals surface area contributed by atoms with Crippen LogP contribution < -0.4 is 5.32 Å². The van der Waals surface area contributed by atoms with Gasteiger partial charge in [-0.2, -0.15) is 0 Å². The minimum absolute atomic E-state index is 0.141. The fourth-order valence-electron chi connectivity index (χ4n) is 1.82. The largest absolute Gasteiger partial charge is 0.351 e. The molecule has 0 aliphatic carbocycles. The van der Waals surface area contributed by atoms with E-state index in [1.807, 2.05) is 13.8 Å². The summed E-state index contributed by atoms with van der Waals surface area (Å²) in [6.07, 6.45) is 1.96. The molecule has 0 saturated carbocycles. The van der Waals surface area contributed by atoms with Crippen molar-refractivity contribution in [2.45, 2.75) is 33.6 Å². The van der Waals surface area contributed by atoms with E-state index in [0.29, 0.717) is 31.0 Å². The lowest BCUT2D eigenvalue weighted by Gasteiger charge is -2.18. The highest BCUT2D eigenvalue weighted by atomic mass is 16.2. The number of pyridine rings is 1. The fourth-order valence-corrected chi connectivity index (χ4v) is 1.82. The summed E-state index contributed by atoms with van der Waals surface area (Å²) in [6.45, 7) is 7.79. The molecule has 0 aliphatic heterocycles. The Bertz CT molecular complexity index is 456. The highest BCUT2D eigenvalue weighted by Gasteiger charge is 2.15. The van der Waals surface area contributed by atoms with Gasteiger partial charge < -0.3 is 10.2 Å². The summed E-state index contributed by atoms with van der Waals surface area (Å²) >= 11 is 0. The Morgan fingerprint density at radius 1 is 1.15 bits per heavy atom. The van der Waals surface area contributed by atoms with Crippen molar-refractivity contribution in [3.8, 4) is 0 Å². The van der Waals surface area contributed by atoms with Gasteiger partial charge in [-0.3, -0.25) is 9.59 Å². The van der Waals surface area contributed by atoms with Gasteiger partial charge in [0.2, 0.25) is 0 Å². The van der Waals surface area contributed by atoms with Gasteiger partial charge in [0.05, 0.1) is 0 Å². The zero-order valence-corrected chi connectivity index (χ0v) is 12.5. The molecule has 1 aromatic heterocycles. The van der Waals surface area contributed by atoms with Crippen LogP contribution in [0.25, 0.3) is 0 Å². The van der Waals surface area contributed by atoms with Crippen LogP contribution in [0.15, 0.2) is 18.2 Å². The number of nitrogens with one attached hydrogen (secondary N) is 1. The number of hydrogen-bond acceptors (Lipinski definition) is 3. The first-order valence-electron chi connectivity index (χ1n) is 7.18. The molecule has 0 radical (unpaired) electrons. The van der Waals surface area contributed by atoms with E-state index in [2.05, 4.69) is 17.2 Å². The fraction of sp³-hybridized carbons (Fsp3) is 0.533.